The van der Waals surface area contributed by atoms with Gasteiger partial charge in [-0.2, -0.15) is 0 Å². The quantitative estimate of drug-likeness (QED) is 0.720. The fourth-order valence-electron chi connectivity index (χ4n) is 2.17. The maximum atomic E-state index is 12.1. The molecule has 0 bridgehead atoms. The maximum Gasteiger partial charge on any atom is 0.411 e. The van der Waals surface area contributed by atoms with Gasteiger partial charge >= 0.3 is 6.09 Å². The number of carbonyl (C=O) groups is 2. The lowest BCUT2D eigenvalue weighted by atomic mass is 10.1. The van der Waals surface area contributed by atoms with Crippen molar-refractivity contribution in [2.24, 2.45) is 0 Å². The molecule has 0 unspecified atom stereocenters. The molecule has 2 rings (SSSR count). The standard InChI is InChI=1S/C19H22N2O4/c1-24-12-13-25-19(23)21-17-9-5-8-16(14-17)20-18(22)11-10-15-6-3-2-4-7-15/h2-9,14H,10-13H2,1H3,(H,20,22)(H,21,23). The van der Waals surface area contributed by atoms with Crippen LogP contribution in [0.1, 0.15) is 12.0 Å². The van der Waals surface area contributed by atoms with Gasteiger partial charge in [0.2, 0.25) is 5.91 Å². The number of aryl methyl sites for hydroxylation is 1. The molecule has 0 spiro atoms. The molecule has 0 radical (unpaired) electrons. The number of benzene rings is 2. The van der Waals surface area contributed by atoms with Gasteiger partial charge in [0.25, 0.3) is 0 Å². The summed E-state index contributed by atoms with van der Waals surface area (Å²) >= 11 is 0. The van der Waals surface area contributed by atoms with Crippen LogP contribution in [0.2, 0.25) is 0 Å². The zero-order valence-corrected chi connectivity index (χ0v) is 14.2. The normalized spacial score (nSPS) is 10.1. The van der Waals surface area contributed by atoms with E-state index in [1.165, 1.54) is 7.11 Å². The Balaban J connectivity index is 1.81. The number of hydrogen-bond donors (Lipinski definition) is 2. The first-order valence-electron chi connectivity index (χ1n) is 8.04. The van der Waals surface area contributed by atoms with E-state index in [9.17, 15) is 9.59 Å². The van der Waals surface area contributed by atoms with Gasteiger partial charge in [-0.3, -0.25) is 10.1 Å². The van der Waals surface area contributed by atoms with Gasteiger partial charge in [0.05, 0.1) is 6.61 Å². The van der Waals surface area contributed by atoms with Crippen molar-refractivity contribution in [1.82, 2.24) is 0 Å². The van der Waals surface area contributed by atoms with Crippen molar-refractivity contribution in [3.63, 3.8) is 0 Å². The minimum Gasteiger partial charge on any atom is -0.447 e. The summed E-state index contributed by atoms with van der Waals surface area (Å²) in [6, 6.07) is 16.7. The van der Waals surface area contributed by atoms with Crippen LogP contribution in [0.15, 0.2) is 54.6 Å². The van der Waals surface area contributed by atoms with Crippen molar-refractivity contribution in [3.8, 4) is 0 Å². The van der Waals surface area contributed by atoms with Crippen LogP contribution >= 0.6 is 0 Å². The molecule has 0 fully saturated rings. The van der Waals surface area contributed by atoms with Crippen LogP contribution in [0.25, 0.3) is 0 Å². The minimum absolute atomic E-state index is 0.0799. The summed E-state index contributed by atoms with van der Waals surface area (Å²) < 4.78 is 9.74. The summed E-state index contributed by atoms with van der Waals surface area (Å²) in [6.07, 6.45) is 0.501. The summed E-state index contributed by atoms with van der Waals surface area (Å²) in [5.41, 5.74) is 2.28. The highest BCUT2D eigenvalue weighted by molar-refractivity contribution is 5.92. The fourth-order valence-corrected chi connectivity index (χ4v) is 2.17. The molecule has 25 heavy (non-hydrogen) atoms. The third kappa shape index (κ3) is 7.05. The summed E-state index contributed by atoms with van der Waals surface area (Å²) in [6.45, 7) is 0.517. The van der Waals surface area contributed by atoms with Crippen LogP contribution < -0.4 is 10.6 Å². The molecule has 0 heterocycles. The number of methoxy groups -OCH3 is 1. The van der Waals surface area contributed by atoms with Crippen LogP contribution in [0.5, 0.6) is 0 Å². The predicted molar refractivity (Wildman–Crippen MR) is 96.7 cm³/mol. The van der Waals surface area contributed by atoms with E-state index in [1.807, 2.05) is 30.3 Å². The third-order valence-corrected chi connectivity index (χ3v) is 3.40. The molecular formula is C19H22N2O4. The second-order valence-corrected chi connectivity index (χ2v) is 5.37. The Hall–Kier alpha value is -2.86. The van der Waals surface area contributed by atoms with Crippen molar-refractivity contribution in [3.05, 3.63) is 60.2 Å². The second-order valence-electron chi connectivity index (χ2n) is 5.37. The van der Waals surface area contributed by atoms with E-state index in [0.29, 0.717) is 30.8 Å². The smallest absolute Gasteiger partial charge is 0.411 e. The monoisotopic (exact) mass is 342 g/mol. The van der Waals surface area contributed by atoms with Crippen LogP contribution in [-0.4, -0.2) is 32.3 Å². The van der Waals surface area contributed by atoms with Crippen molar-refractivity contribution >= 4 is 23.4 Å². The maximum absolute atomic E-state index is 12.1. The molecule has 0 aliphatic rings. The van der Waals surface area contributed by atoms with Crippen LogP contribution in [0.3, 0.4) is 0 Å². The Bertz CT molecular complexity index is 689. The van der Waals surface area contributed by atoms with Crippen LogP contribution in [0, 0.1) is 0 Å². The van der Waals surface area contributed by atoms with Gasteiger partial charge < -0.3 is 14.8 Å². The summed E-state index contributed by atoms with van der Waals surface area (Å²) in [7, 11) is 1.53. The number of anilines is 2. The fraction of sp³-hybridized carbons (Fsp3) is 0.263. The molecule has 0 aliphatic carbocycles. The van der Waals surface area contributed by atoms with Crippen molar-refractivity contribution in [2.45, 2.75) is 12.8 Å². The van der Waals surface area contributed by atoms with Gasteiger partial charge in [-0.05, 0) is 30.2 Å². The number of nitrogens with one attached hydrogen (secondary N) is 2. The molecule has 6 nitrogen and oxygen atoms in total. The Kier molecular flexibility index (Phi) is 7.46. The number of rotatable bonds is 8. The predicted octanol–water partition coefficient (Wildman–Crippen LogP) is 3.45. The molecule has 0 atom stereocenters. The topological polar surface area (TPSA) is 76.7 Å². The minimum atomic E-state index is -0.565. The number of amides is 2. The first kappa shape index (κ1) is 18.5. The average Bonchev–Trinajstić information content (AvgIpc) is 2.61. The molecule has 2 N–H and O–H groups in total. The van der Waals surface area contributed by atoms with Crippen molar-refractivity contribution < 1.29 is 19.1 Å². The SMILES string of the molecule is COCCOC(=O)Nc1cccc(NC(=O)CCc2ccccc2)c1. The van der Waals surface area contributed by atoms with Crippen molar-refractivity contribution in [2.75, 3.05) is 31.0 Å². The van der Waals surface area contributed by atoms with E-state index in [2.05, 4.69) is 10.6 Å². The molecule has 0 aromatic heterocycles. The molecule has 2 aromatic rings. The average molecular weight is 342 g/mol. The zero-order chi connectivity index (χ0) is 17.9. The summed E-state index contributed by atoms with van der Waals surface area (Å²) in [4.78, 5) is 23.7. The lowest BCUT2D eigenvalue weighted by molar-refractivity contribution is -0.116. The van der Waals surface area contributed by atoms with E-state index >= 15 is 0 Å². The lowest BCUT2D eigenvalue weighted by Crippen LogP contribution is -2.17. The highest BCUT2D eigenvalue weighted by atomic mass is 16.6. The molecule has 0 saturated carbocycles. The van der Waals surface area contributed by atoms with E-state index in [0.717, 1.165) is 5.56 Å². The summed E-state index contributed by atoms with van der Waals surface area (Å²) in [5, 5.41) is 5.43. The van der Waals surface area contributed by atoms with Crippen molar-refractivity contribution in [1.29, 1.82) is 0 Å². The molecule has 2 aromatic carbocycles. The molecule has 132 valence electrons. The summed E-state index contributed by atoms with van der Waals surface area (Å²) in [5.74, 6) is -0.0799. The first-order chi connectivity index (χ1) is 12.2. The largest absolute Gasteiger partial charge is 0.447 e. The molecular weight excluding hydrogens is 320 g/mol. The Morgan fingerprint density at radius 1 is 0.920 bits per heavy atom. The van der Waals surface area contributed by atoms with E-state index < -0.39 is 6.09 Å². The van der Waals surface area contributed by atoms with Gasteiger partial charge in [0.15, 0.2) is 0 Å². The molecule has 0 saturated heterocycles. The molecule has 6 heteroatoms. The Morgan fingerprint density at radius 3 is 2.36 bits per heavy atom. The molecule has 0 aliphatic heterocycles. The number of ether oxygens (including phenoxy) is 2. The van der Waals surface area contributed by atoms with Gasteiger partial charge in [0.1, 0.15) is 6.61 Å². The molecule has 2 amide bonds. The van der Waals surface area contributed by atoms with E-state index in [4.69, 9.17) is 9.47 Å². The number of carbonyl (C=O) groups excluding carboxylic acids is 2. The third-order valence-electron chi connectivity index (χ3n) is 3.40. The van der Waals surface area contributed by atoms with Crippen LogP contribution in [0.4, 0.5) is 16.2 Å². The first-order valence-corrected chi connectivity index (χ1v) is 8.04. The number of hydrogen-bond acceptors (Lipinski definition) is 4. The van der Waals surface area contributed by atoms with Gasteiger partial charge in [-0.1, -0.05) is 36.4 Å². The van der Waals surface area contributed by atoms with Crippen LogP contribution in [-0.2, 0) is 20.7 Å². The van der Waals surface area contributed by atoms with E-state index in [-0.39, 0.29) is 12.5 Å². The Morgan fingerprint density at radius 2 is 1.64 bits per heavy atom. The highest BCUT2D eigenvalue weighted by Crippen LogP contribution is 2.16. The lowest BCUT2D eigenvalue weighted by Gasteiger charge is -2.09. The van der Waals surface area contributed by atoms with Gasteiger partial charge in [0, 0.05) is 24.9 Å². The zero-order valence-electron chi connectivity index (χ0n) is 14.2. The van der Waals surface area contributed by atoms with Gasteiger partial charge in [-0.25, -0.2) is 4.79 Å². The Labute approximate surface area is 147 Å². The highest BCUT2D eigenvalue weighted by Gasteiger charge is 2.06. The van der Waals surface area contributed by atoms with E-state index in [1.54, 1.807) is 24.3 Å². The second kappa shape index (κ2) is 10.1. The van der Waals surface area contributed by atoms with Gasteiger partial charge in [-0.15, -0.1) is 0 Å².